The van der Waals surface area contributed by atoms with Crippen molar-refractivity contribution in [3.8, 4) is 0 Å². The summed E-state index contributed by atoms with van der Waals surface area (Å²) in [5.74, 6) is 0. The molecule has 0 saturated carbocycles. The van der Waals surface area contributed by atoms with Crippen LogP contribution in [0.3, 0.4) is 0 Å². The Hall–Kier alpha value is -1.38. The number of rotatable bonds is 3. The molecule has 0 radical (unpaired) electrons. The van der Waals surface area contributed by atoms with E-state index in [2.05, 4.69) is 11.7 Å². The molecule has 11 heavy (non-hydrogen) atoms. The summed E-state index contributed by atoms with van der Waals surface area (Å²) in [6, 6.07) is 0. The van der Waals surface area contributed by atoms with Crippen LogP contribution in [0.25, 0.3) is 0 Å². The molecule has 3 nitrogen and oxygen atoms in total. The molecule has 0 N–H and O–H groups in total. The van der Waals surface area contributed by atoms with Crippen LogP contribution < -0.4 is 0 Å². The third kappa shape index (κ3) is 1.55. The van der Waals surface area contributed by atoms with Gasteiger partial charge in [0.2, 0.25) is 0 Å². The van der Waals surface area contributed by atoms with Crippen LogP contribution in [0.1, 0.15) is 16.1 Å². The quantitative estimate of drug-likeness (QED) is 0.479. The second-order valence-corrected chi connectivity index (χ2v) is 2.30. The first-order valence-corrected chi connectivity index (χ1v) is 3.38. The number of carbonyl (C=O) groups excluding carboxylic acids is 1. The SMILES string of the molecule is C=CCn1cc(C=O)c(C)n1. The fourth-order valence-electron chi connectivity index (χ4n) is 0.875. The van der Waals surface area contributed by atoms with Gasteiger partial charge in [0.25, 0.3) is 0 Å². The van der Waals surface area contributed by atoms with Gasteiger partial charge in [-0.2, -0.15) is 5.10 Å². The van der Waals surface area contributed by atoms with Gasteiger partial charge in [0.05, 0.1) is 17.8 Å². The fraction of sp³-hybridized carbons (Fsp3) is 0.250. The molecule has 1 heterocycles. The van der Waals surface area contributed by atoms with Gasteiger partial charge in [-0.1, -0.05) is 6.08 Å². The summed E-state index contributed by atoms with van der Waals surface area (Å²) >= 11 is 0. The molecule has 1 aromatic heterocycles. The highest BCUT2D eigenvalue weighted by molar-refractivity contribution is 5.75. The Morgan fingerprint density at radius 3 is 3.00 bits per heavy atom. The molecule has 0 atom stereocenters. The maximum Gasteiger partial charge on any atom is 0.153 e. The Morgan fingerprint density at radius 1 is 1.82 bits per heavy atom. The highest BCUT2D eigenvalue weighted by Gasteiger charge is 2.00. The van der Waals surface area contributed by atoms with Gasteiger partial charge in [-0.05, 0) is 6.92 Å². The van der Waals surface area contributed by atoms with E-state index in [4.69, 9.17) is 0 Å². The largest absolute Gasteiger partial charge is 0.298 e. The van der Waals surface area contributed by atoms with Crippen molar-refractivity contribution in [3.63, 3.8) is 0 Å². The number of hydrogen-bond donors (Lipinski definition) is 0. The third-order valence-electron chi connectivity index (χ3n) is 1.43. The summed E-state index contributed by atoms with van der Waals surface area (Å²) in [5, 5.41) is 4.09. The Balaban J connectivity index is 2.94. The minimum Gasteiger partial charge on any atom is -0.298 e. The maximum atomic E-state index is 10.4. The van der Waals surface area contributed by atoms with E-state index in [-0.39, 0.29) is 0 Å². The van der Waals surface area contributed by atoms with Crippen LogP contribution >= 0.6 is 0 Å². The second-order valence-electron chi connectivity index (χ2n) is 2.30. The monoisotopic (exact) mass is 150 g/mol. The van der Waals surface area contributed by atoms with E-state index in [1.165, 1.54) is 0 Å². The van der Waals surface area contributed by atoms with Crippen LogP contribution in [0.5, 0.6) is 0 Å². The van der Waals surface area contributed by atoms with Crippen molar-refractivity contribution in [2.24, 2.45) is 0 Å². The molecular formula is C8H10N2O. The van der Waals surface area contributed by atoms with Crippen LogP contribution in [0.4, 0.5) is 0 Å². The number of aryl methyl sites for hydroxylation is 1. The zero-order chi connectivity index (χ0) is 8.27. The molecule has 0 unspecified atom stereocenters. The number of allylic oxidation sites excluding steroid dienone is 1. The van der Waals surface area contributed by atoms with E-state index in [1.807, 2.05) is 6.92 Å². The van der Waals surface area contributed by atoms with Crippen molar-refractivity contribution in [1.29, 1.82) is 0 Å². The molecule has 0 spiro atoms. The predicted molar refractivity (Wildman–Crippen MR) is 42.5 cm³/mol. The Bertz CT molecular complexity index is 276. The van der Waals surface area contributed by atoms with Crippen LogP contribution in [0, 0.1) is 6.92 Å². The van der Waals surface area contributed by atoms with Gasteiger partial charge in [0, 0.05) is 6.20 Å². The van der Waals surface area contributed by atoms with Gasteiger partial charge in [-0.15, -0.1) is 6.58 Å². The van der Waals surface area contributed by atoms with Crippen LogP contribution in [0.15, 0.2) is 18.9 Å². The van der Waals surface area contributed by atoms with Crippen LogP contribution in [-0.2, 0) is 6.54 Å². The van der Waals surface area contributed by atoms with E-state index in [0.717, 1.165) is 12.0 Å². The second kappa shape index (κ2) is 3.14. The van der Waals surface area contributed by atoms with Crippen molar-refractivity contribution < 1.29 is 4.79 Å². The lowest BCUT2D eigenvalue weighted by Gasteiger charge is -1.90. The lowest BCUT2D eigenvalue weighted by atomic mass is 10.3. The number of carbonyl (C=O) groups is 1. The molecule has 0 aliphatic heterocycles. The minimum atomic E-state index is 0.645. The summed E-state index contributed by atoms with van der Waals surface area (Å²) < 4.78 is 1.69. The number of aldehydes is 1. The average molecular weight is 150 g/mol. The molecule has 0 amide bonds. The first-order chi connectivity index (χ1) is 5.27. The molecule has 1 rings (SSSR count). The lowest BCUT2D eigenvalue weighted by Crippen LogP contribution is -1.94. The standard InChI is InChI=1S/C8H10N2O/c1-3-4-10-5-8(6-11)7(2)9-10/h3,5-6H,1,4H2,2H3. The van der Waals surface area contributed by atoms with Gasteiger partial charge in [0.1, 0.15) is 0 Å². The smallest absolute Gasteiger partial charge is 0.153 e. The normalized spacial score (nSPS) is 9.55. The zero-order valence-corrected chi connectivity index (χ0v) is 6.45. The van der Waals surface area contributed by atoms with E-state index >= 15 is 0 Å². The Morgan fingerprint density at radius 2 is 2.55 bits per heavy atom. The summed E-state index contributed by atoms with van der Waals surface area (Å²) in [7, 11) is 0. The zero-order valence-electron chi connectivity index (χ0n) is 6.45. The number of nitrogens with zero attached hydrogens (tertiary/aromatic N) is 2. The van der Waals surface area contributed by atoms with Gasteiger partial charge in [-0.3, -0.25) is 9.48 Å². The Kier molecular flexibility index (Phi) is 2.21. The van der Waals surface area contributed by atoms with Gasteiger partial charge < -0.3 is 0 Å². The summed E-state index contributed by atoms with van der Waals surface area (Å²) in [6.45, 7) is 6.03. The fourth-order valence-corrected chi connectivity index (χ4v) is 0.875. The first kappa shape index (κ1) is 7.72. The van der Waals surface area contributed by atoms with E-state index < -0.39 is 0 Å². The molecular weight excluding hydrogens is 140 g/mol. The molecule has 58 valence electrons. The lowest BCUT2D eigenvalue weighted by molar-refractivity contribution is 0.112. The molecule has 0 bridgehead atoms. The predicted octanol–water partition coefficient (Wildman–Crippen LogP) is 1.19. The van der Waals surface area contributed by atoms with E-state index in [0.29, 0.717) is 12.1 Å². The van der Waals surface area contributed by atoms with Crippen molar-refractivity contribution in [2.45, 2.75) is 13.5 Å². The van der Waals surface area contributed by atoms with Crippen LogP contribution in [-0.4, -0.2) is 16.1 Å². The maximum absolute atomic E-state index is 10.4. The van der Waals surface area contributed by atoms with Crippen molar-refractivity contribution in [3.05, 3.63) is 30.1 Å². The number of hydrogen-bond acceptors (Lipinski definition) is 2. The topological polar surface area (TPSA) is 34.9 Å². The summed E-state index contributed by atoms with van der Waals surface area (Å²) in [4.78, 5) is 10.4. The molecule has 0 fully saturated rings. The molecule has 0 aliphatic carbocycles. The van der Waals surface area contributed by atoms with E-state index in [1.54, 1.807) is 17.0 Å². The molecule has 0 saturated heterocycles. The Labute approximate surface area is 65.3 Å². The van der Waals surface area contributed by atoms with E-state index in [9.17, 15) is 4.79 Å². The van der Waals surface area contributed by atoms with Crippen molar-refractivity contribution in [2.75, 3.05) is 0 Å². The third-order valence-corrected chi connectivity index (χ3v) is 1.43. The average Bonchev–Trinajstić information content (AvgIpc) is 2.32. The van der Waals surface area contributed by atoms with Crippen molar-refractivity contribution >= 4 is 6.29 Å². The number of aromatic nitrogens is 2. The minimum absolute atomic E-state index is 0.645. The van der Waals surface area contributed by atoms with Gasteiger partial charge >= 0.3 is 0 Å². The summed E-state index contributed by atoms with van der Waals surface area (Å²) in [6.07, 6.45) is 4.26. The molecule has 0 aliphatic rings. The van der Waals surface area contributed by atoms with Crippen LogP contribution in [0.2, 0.25) is 0 Å². The summed E-state index contributed by atoms with van der Waals surface area (Å²) in [5.41, 5.74) is 1.41. The van der Waals surface area contributed by atoms with Gasteiger partial charge in [-0.25, -0.2) is 0 Å². The first-order valence-electron chi connectivity index (χ1n) is 3.38. The van der Waals surface area contributed by atoms with Crippen molar-refractivity contribution in [1.82, 2.24) is 9.78 Å². The molecule has 0 aromatic carbocycles. The van der Waals surface area contributed by atoms with Gasteiger partial charge in [0.15, 0.2) is 6.29 Å². The highest BCUT2D eigenvalue weighted by Crippen LogP contribution is 2.01. The molecule has 1 aromatic rings. The molecule has 3 heteroatoms. The highest BCUT2D eigenvalue weighted by atomic mass is 16.1.